The zero-order valence-electron chi connectivity index (χ0n) is 16.2. The number of thiocarbonyl (C=S) groups is 1. The molecule has 0 aliphatic carbocycles. The van der Waals surface area contributed by atoms with Gasteiger partial charge in [-0.25, -0.2) is 0 Å². The normalized spacial score (nSPS) is 15.1. The van der Waals surface area contributed by atoms with Crippen molar-refractivity contribution in [3.05, 3.63) is 87.4 Å². The quantitative estimate of drug-likeness (QED) is 0.268. The molecule has 0 spiro atoms. The Morgan fingerprint density at radius 3 is 2.38 bits per heavy atom. The number of hydrogen-bond acceptors (Lipinski definition) is 5. The molecule has 3 aromatic carbocycles. The van der Waals surface area contributed by atoms with Gasteiger partial charge in [0.2, 0.25) is 0 Å². The maximum absolute atomic E-state index is 13.2. The Bertz CT molecular complexity index is 1260. The summed E-state index contributed by atoms with van der Waals surface area (Å²) in [5.41, 5.74) is 0.456. The van der Waals surface area contributed by atoms with Gasteiger partial charge in [0.25, 0.3) is 11.8 Å². The number of carbonyl (C=O) groups is 2. The Kier molecular flexibility index (Phi) is 6.27. The Balaban J connectivity index is 1.64. The topological polar surface area (TPSA) is 78.9 Å². The van der Waals surface area contributed by atoms with Crippen LogP contribution in [-0.2, 0) is 9.59 Å². The average molecular weight is 530 g/mol. The predicted molar refractivity (Wildman–Crippen MR) is 130 cm³/mol. The number of rotatable bonds is 4. The van der Waals surface area contributed by atoms with E-state index in [2.05, 4.69) is 21.2 Å². The van der Waals surface area contributed by atoms with Gasteiger partial charge in [-0.1, -0.05) is 29.8 Å². The summed E-state index contributed by atoms with van der Waals surface area (Å²) in [5, 5.41) is 13.0. The zero-order valence-corrected chi connectivity index (χ0v) is 19.4. The number of halogens is 2. The number of nitrogens with zero attached hydrogens (tertiary/aromatic N) is 1. The van der Waals surface area contributed by atoms with E-state index in [-0.39, 0.29) is 22.0 Å². The number of hydrogen-bond donors (Lipinski definition) is 2. The third kappa shape index (κ3) is 4.52. The first kappa shape index (κ1) is 22.0. The first-order chi connectivity index (χ1) is 15.3. The molecule has 32 heavy (non-hydrogen) atoms. The van der Waals surface area contributed by atoms with Crippen molar-refractivity contribution < 1.29 is 19.4 Å². The lowest BCUT2D eigenvalue weighted by Gasteiger charge is -2.29. The molecule has 1 aliphatic rings. The van der Waals surface area contributed by atoms with E-state index in [1.54, 1.807) is 24.3 Å². The van der Waals surface area contributed by atoms with E-state index in [4.69, 9.17) is 28.6 Å². The number of aromatic hydroxyl groups is 1. The summed E-state index contributed by atoms with van der Waals surface area (Å²) in [6, 6.07) is 18.9. The van der Waals surface area contributed by atoms with Gasteiger partial charge in [0.1, 0.15) is 22.8 Å². The van der Waals surface area contributed by atoms with Gasteiger partial charge in [-0.15, -0.1) is 0 Å². The van der Waals surface area contributed by atoms with Crippen molar-refractivity contribution in [3.63, 3.8) is 0 Å². The lowest BCUT2D eigenvalue weighted by atomic mass is 10.1. The number of phenols is 1. The molecule has 2 N–H and O–H groups in total. The molecule has 2 amide bonds. The van der Waals surface area contributed by atoms with E-state index in [1.165, 1.54) is 23.1 Å². The molecule has 0 unspecified atom stereocenters. The van der Waals surface area contributed by atoms with Crippen molar-refractivity contribution >= 4 is 68.4 Å². The Labute approximate surface area is 202 Å². The fourth-order valence-electron chi connectivity index (χ4n) is 3.03. The molecule has 0 bridgehead atoms. The smallest absolute Gasteiger partial charge is 0.270 e. The first-order valence-electron chi connectivity index (χ1n) is 9.26. The molecule has 1 aliphatic heterocycles. The second kappa shape index (κ2) is 9.12. The summed E-state index contributed by atoms with van der Waals surface area (Å²) in [7, 11) is 0. The summed E-state index contributed by atoms with van der Waals surface area (Å²) < 4.78 is 6.10. The monoisotopic (exact) mass is 528 g/mol. The maximum Gasteiger partial charge on any atom is 0.270 e. The largest absolute Gasteiger partial charge is 0.506 e. The molecule has 160 valence electrons. The highest BCUT2D eigenvalue weighted by Crippen LogP contribution is 2.34. The van der Waals surface area contributed by atoms with E-state index >= 15 is 0 Å². The summed E-state index contributed by atoms with van der Waals surface area (Å²) >= 11 is 14.4. The summed E-state index contributed by atoms with van der Waals surface area (Å²) in [6.07, 6.45) is 1.27. The molecule has 4 rings (SSSR count). The molecule has 0 radical (unpaired) electrons. The number of para-hydroxylation sites is 1. The SMILES string of the molecule is O=C1NC(=S)N(c2ccc(Oc3ccccc3)cc2)C(=O)/C1=C/c1cc(Cl)cc(Br)c1O. The Morgan fingerprint density at radius 2 is 1.69 bits per heavy atom. The van der Waals surface area contributed by atoms with Gasteiger partial charge < -0.3 is 9.84 Å². The molecule has 1 fully saturated rings. The van der Waals surface area contributed by atoms with Gasteiger partial charge in [0.05, 0.1) is 10.2 Å². The van der Waals surface area contributed by atoms with E-state index < -0.39 is 11.8 Å². The van der Waals surface area contributed by atoms with Crippen LogP contribution in [0.15, 0.2) is 76.8 Å². The fraction of sp³-hybridized carbons (Fsp3) is 0. The van der Waals surface area contributed by atoms with Gasteiger partial charge in [-0.3, -0.25) is 19.8 Å². The van der Waals surface area contributed by atoms with Gasteiger partial charge in [-0.05, 0) is 82.8 Å². The van der Waals surface area contributed by atoms with Crippen LogP contribution in [0.3, 0.4) is 0 Å². The van der Waals surface area contributed by atoms with Crippen LogP contribution in [0.1, 0.15) is 5.56 Å². The van der Waals surface area contributed by atoms with Crippen molar-refractivity contribution in [3.8, 4) is 17.2 Å². The van der Waals surface area contributed by atoms with Crippen molar-refractivity contribution in [2.24, 2.45) is 0 Å². The summed E-state index contributed by atoms with van der Waals surface area (Å²) in [5.74, 6) is -0.204. The molecule has 3 aromatic rings. The highest BCUT2D eigenvalue weighted by molar-refractivity contribution is 9.10. The predicted octanol–water partition coefficient (Wildman–Crippen LogP) is 5.43. The lowest BCUT2D eigenvalue weighted by molar-refractivity contribution is -0.122. The van der Waals surface area contributed by atoms with Crippen LogP contribution >= 0.6 is 39.7 Å². The first-order valence-corrected chi connectivity index (χ1v) is 10.8. The number of benzene rings is 3. The highest BCUT2D eigenvalue weighted by atomic mass is 79.9. The molecule has 1 heterocycles. The Morgan fingerprint density at radius 1 is 1.03 bits per heavy atom. The molecular formula is C23H14BrClN2O4S. The number of ether oxygens (including phenoxy) is 1. The van der Waals surface area contributed by atoms with E-state index in [1.807, 2.05) is 30.3 Å². The van der Waals surface area contributed by atoms with Gasteiger partial charge >= 0.3 is 0 Å². The molecular weight excluding hydrogens is 516 g/mol. The summed E-state index contributed by atoms with van der Waals surface area (Å²) in [4.78, 5) is 26.8. The molecule has 0 saturated carbocycles. The standard InChI is InChI=1S/C23H14BrClN2O4S/c24-19-12-14(25)10-13(20(19)28)11-18-21(29)26-23(32)27(22(18)30)15-6-8-17(9-7-15)31-16-4-2-1-3-5-16/h1-12,28H,(H,26,29,32)/b18-11+. The fourth-order valence-corrected chi connectivity index (χ4v) is 4.15. The second-order valence-electron chi connectivity index (χ2n) is 6.69. The third-order valence-electron chi connectivity index (χ3n) is 4.53. The number of nitrogens with one attached hydrogen (secondary N) is 1. The lowest BCUT2D eigenvalue weighted by Crippen LogP contribution is -2.54. The average Bonchev–Trinajstić information content (AvgIpc) is 2.76. The minimum absolute atomic E-state index is 0.0506. The van der Waals surface area contributed by atoms with E-state index in [0.717, 1.165) is 0 Å². The third-order valence-corrected chi connectivity index (χ3v) is 5.64. The molecule has 0 aromatic heterocycles. The van der Waals surface area contributed by atoms with E-state index in [0.29, 0.717) is 26.7 Å². The van der Waals surface area contributed by atoms with Crippen LogP contribution in [0.4, 0.5) is 5.69 Å². The Hall–Kier alpha value is -3.20. The van der Waals surface area contributed by atoms with Crippen LogP contribution in [0.25, 0.3) is 6.08 Å². The van der Waals surface area contributed by atoms with Crippen LogP contribution in [-0.4, -0.2) is 22.0 Å². The molecule has 6 nitrogen and oxygen atoms in total. The van der Waals surface area contributed by atoms with Crippen molar-refractivity contribution in [1.29, 1.82) is 0 Å². The molecule has 0 atom stereocenters. The van der Waals surface area contributed by atoms with Gasteiger partial charge in [-0.2, -0.15) is 0 Å². The minimum atomic E-state index is -0.671. The minimum Gasteiger partial charge on any atom is -0.506 e. The van der Waals surface area contributed by atoms with Crippen LogP contribution in [0.2, 0.25) is 5.02 Å². The van der Waals surface area contributed by atoms with Gasteiger partial charge in [0, 0.05) is 10.6 Å². The van der Waals surface area contributed by atoms with Crippen molar-refractivity contribution in [1.82, 2.24) is 5.32 Å². The molecule has 1 saturated heterocycles. The van der Waals surface area contributed by atoms with E-state index in [9.17, 15) is 14.7 Å². The zero-order chi connectivity index (χ0) is 22.8. The number of carbonyl (C=O) groups excluding carboxylic acids is 2. The summed E-state index contributed by atoms with van der Waals surface area (Å²) in [6.45, 7) is 0. The second-order valence-corrected chi connectivity index (χ2v) is 8.37. The number of anilines is 1. The van der Waals surface area contributed by atoms with Gasteiger partial charge in [0.15, 0.2) is 5.11 Å². The van der Waals surface area contributed by atoms with Crippen molar-refractivity contribution in [2.45, 2.75) is 0 Å². The van der Waals surface area contributed by atoms with Crippen LogP contribution in [0, 0.1) is 0 Å². The number of phenolic OH excluding ortho intramolecular Hbond substituents is 1. The maximum atomic E-state index is 13.2. The highest BCUT2D eigenvalue weighted by Gasteiger charge is 2.34. The van der Waals surface area contributed by atoms with Crippen molar-refractivity contribution in [2.75, 3.05) is 4.90 Å². The van der Waals surface area contributed by atoms with Crippen LogP contribution in [0.5, 0.6) is 17.2 Å². The number of amides is 2. The molecule has 9 heteroatoms. The van der Waals surface area contributed by atoms with Crippen LogP contribution < -0.4 is 15.0 Å².